The third kappa shape index (κ3) is 4.73. The van der Waals surface area contributed by atoms with Crippen LogP contribution in [0.3, 0.4) is 0 Å². The number of piperidine rings is 1. The molecule has 3 rings (SSSR count). The van der Waals surface area contributed by atoms with Gasteiger partial charge in [-0.05, 0) is 37.1 Å². The number of hydrogen-bond acceptors (Lipinski definition) is 5. The quantitative estimate of drug-likeness (QED) is 0.717. The van der Waals surface area contributed by atoms with Gasteiger partial charge in [-0.3, -0.25) is 4.79 Å². The van der Waals surface area contributed by atoms with E-state index in [9.17, 15) is 31.1 Å². The summed E-state index contributed by atoms with van der Waals surface area (Å²) in [7, 11) is 0. The van der Waals surface area contributed by atoms with Gasteiger partial charge in [0.25, 0.3) is 5.91 Å². The highest BCUT2D eigenvalue weighted by Gasteiger charge is 2.39. The number of ether oxygens (including phenoxy) is 1. The Hall–Kier alpha value is -2.79. The number of likely N-dealkylation sites (tertiary alicyclic amines) is 1. The van der Waals surface area contributed by atoms with Crippen molar-refractivity contribution < 1.29 is 40.3 Å². The molecule has 1 aromatic heterocycles. The van der Waals surface area contributed by atoms with Crippen LogP contribution >= 0.6 is 0 Å². The standard InChI is InChI=1S/C16H13F6N3O3/c17-15(18,19)14-24-23-12(27-14)10-2-1-7-25(8-10)13(26)9-3-5-11(6-4-9)28-16(20,21)22/h3-6,10H,1-2,7-8H2. The van der Waals surface area contributed by atoms with Crippen molar-refractivity contribution in [3.05, 3.63) is 41.6 Å². The van der Waals surface area contributed by atoms with Gasteiger partial charge in [0, 0.05) is 18.7 Å². The predicted octanol–water partition coefficient (Wildman–Crippen LogP) is 4.01. The lowest BCUT2D eigenvalue weighted by Gasteiger charge is -2.31. The normalized spacial score (nSPS) is 18.2. The molecule has 2 heterocycles. The van der Waals surface area contributed by atoms with E-state index in [2.05, 4.69) is 19.4 Å². The van der Waals surface area contributed by atoms with Crippen molar-refractivity contribution in [2.75, 3.05) is 13.1 Å². The Kier molecular flexibility index (Phi) is 5.22. The molecule has 0 radical (unpaired) electrons. The van der Waals surface area contributed by atoms with Crippen LogP contribution in [-0.4, -0.2) is 40.5 Å². The Labute approximate surface area is 154 Å². The molecule has 1 atom stereocenters. The molecule has 1 aliphatic heterocycles. The molecule has 1 unspecified atom stereocenters. The summed E-state index contributed by atoms with van der Waals surface area (Å²) in [5.74, 6) is -3.16. The average molecular weight is 409 g/mol. The van der Waals surface area contributed by atoms with Gasteiger partial charge < -0.3 is 14.1 Å². The minimum absolute atomic E-state index is 0.0547. The summed E-state index contributed by atoms with van der Waals surface area (Å²) in [4.78, 5) is 13.9. The lowest BCUT2D eigenvalue weighted by molar-refractivity contribution is -0.274. The van der Waals surface area contributed by atoms with Crippen molar-refractivity contribution in [1.82, 2.24) is 15.1 Å². The molecule has 1 amide bonds. The van der Waals surface area contributed by atoms with E-state index < -0.39 is 36.0 Å². The van der Waals surface area contributed by atoms with Crippen molar-refractivity contribution in [2.45, 2.75) is 31.3 Å². The molecule has 0 bridgehead atoms. The summed E-state index contributed by atoms with van der Waals surface area (Å²) in [5, 5.41) is 6.40. The van der Waals surface area contributed by atoms with Gasteiger partial charge in [-0.2, -0.15) is 13.2 Å². The number of aromatic nitrogens is 2. The van der Waals surface area contributed by atoms with Crippen molar-refractivity contribution in [3.63, 3.8) is 0 Å². The van der Waals surface area contributed by atoms with Crippen LogP contribution in [0.1, 0.15) is 40.9 Å². The fraction of sp³-hybridized carbons (Fsp3) is 0.438. The number of carbonyl (C=O) groups is 1. The molecule has 0 aliphatic carbocycles. The smallest absolute Gasteiger partial charge is 0.417 e. The van der Waals surface area contributed by atoms with Gasteiger partial charge in [0.15, 0.2) is 0 Å². The lowest BCUT2D eigenvalue weighted by Crippen LogP contribution is -2.39. The number of benzene rings is 1. The fourth-order valence-electron chi connectivity index (χ4n) is 2.86. The number of hydrogen-bond donors (Lipinski definition) is 0. The average Bonchev–Trinajstić information content (AvgIpc) is 3.11. The van der Waals surface area contributed by atoms with Crippen molar-refractivity contribution >= 4 is 5.91 Å². The monoisotopic (exact) mass is 409 g/mol. The Bertz CT molecular complexity index is 831. The highest BCUT2D eigenvalue weighted by molar-refractivity contribution is 5.94. The van der Waals surface area contributed by atoms with Crippen LogP contribution < -0.4 is 4.74 Å². The van der Waals surface area contributed by atoms with E-state index >= 15 is 0 Å². The molecule has 28 heavy (non-hydrogen) atoms. The second-order valence-corrected chi connectivity index (χ2v) is 6.11. The zero-order valence-corrected chi connectivity index (χ0v) is 14.0. The molecule has 1 fully saturated rings. The van der Waals surface area contributed by atoms with Gasteiger partial charge in [0.2, 0.25) is 5.89 Å². The molecule has 1 aromatic carbocycles. The number of amides is 1. The molecule has 0 saturated carbocycles. The maximum absolute atomic E-state index is 12.6. The number of halogens is 6. The maximum atomic E-state index is 12.6. The van der Waals surface area contributed by atoms with Crippen LogP contribution in [-0.2, 0) is 6.18 Å². The van der Waals surface area contributed by atoms with Crippen LogP contribution in [0.25, 0.3) is 0 Å². The summed E-state index contributed by atoms with van der Waals surface area (Å²) in [6.07, 6.45) is -8.64. The highest BCUT2D eigenvalue weighted by Crippen LogP contribution is 2.32. The Morgan fingerprint density at radius 2 is 1.79 bits per heavy atom. The molecule has 1 aliphatic rings. The van der Waals surface area contributed by atoms with E-state index in [0.717, 1.165) is 12.1 Å². The van der Waals surface area contributed by atoms with Gasteiger partial charge >= 0.3 is 18.4 Å². The van der Waals surface area contributed by atoms with Gasteiger partial charge in [-0.1, -0.05) is 0 Å². The second-order valence-electron chi connectivity index (χ2n) is 6.11. The SMILES string of the molecule is O=C(c1ccc(OC(F)(F)F)cc1)N1CCCC(c2nnc(C(F)(F)F)o2)C1. The Morgan fingerprint density at radius 3 is 2.36 bits per heavy atom. The van der Waals surface area contributed by atoms with Crippen LogP contribution in [0.15, 0.2) is 28.7 Å². The minimum atomic E-state index is -4.84. The second kappa shape index (κ2) is 7.32. The first-order chi connectivity index (χ1) is 13.0. The van der Waals surface area contributed by atoms with Crippen molar-refractivity contribution in [2.24, 2.45) is 0 Å². The number of alkyl halides is 6. The van der Waals surface area contributed by atoms with E-state index in [4.69, 9.17) is 0 Å². The molecule has 12 heteroatoms. The summed E-state index contributed by atoms with van der Waals surface area (Å²) < 4.78 is 82.7. The van der Waals surface area contributed by atoms with Gasteiger partial charge in [-0.15, -0.1) is 23.4 Å². The largest absolute Gasteiger partial charge is 0.573 e. The highest BCUT2D eigenvalue weighted by atomic mass is 19.4. The van der Waals surface area contributed by atoms with E-state index in [1.807, 2.05) is 0 Å². The van der Waals surface area contributed by atoms with E-state index in [0.29, 0.717) is 19.4 Å². The molecular formula is C16H13F6N3O3. The van der Waals surface area contributed by atoms with E-state index in [1.54, 1.807) is 0 Å². The molecule has 2 aromatic rings. The maximum Gasteiger partial charge on any atom is 0.573 e. The predicted molar refractivity (Wildman–Crippen MR) is 80.3 cm³/mol. The minimum Gasteiger partial charge on any atom is -0.417 e. The summed E-state index contributed by atoms with van der Waals surface area (Å²) in [6, 6.07) is 4.38. The number of rotatable bonds is 3. The first-order valence-corrected chi connectivity index (χ1v) is 8.08. The molecule has 152 valence electrons. The summed E-state index contributed by atoms with van der Waals surface area (Å²) in [5.41, 5.74) is 0.122. The first-order valence-electron chi connectivity index (χ1n) is 8.08. The Balaban J connectivity index is 1.68. The molecule has 0 spiro atoms. The molecular weight excluding hydrogens is 396 g/mol. The topological polar surface area (TPSA) is 68.5 Å². The number of carbonyl (C=O) groups excluding carboxylic acids is 1. The zero-order valence-electron chi connectivity index (χ0n) is 14.0. The van der Waals surface area contributed by atoms with Crippen LogP contribution in [0.5, 0.6) is 5.75 Å². The Morgan fingerprint density at radius 1 is 1.11 bits per heavy atom. The molecule has 1 saturated heterocycles. The third-order valence-electron chi connectivity index (χ3n) is 4.08. The van der Waals surface area contributed by atoms with E-state index in [-0.39, 0.29) is 18.0 Å². The molecule has 0 N–H and O–H groups in total. The van der Waals surface area contributed by atoms with Crippen LogP contribution in [0.4, 0.5) is 26.3 Å². The van der Waals surface area contributed by atoms with Crippen LogP contribution in [0, 0.1) is 0 Å². The number of nitrogens with zero attached hydrogens (tertiary/aromatic N) is 3. The summed E-state index contributed by atoms with van der Waals surface area (Å²) in [6.45, 7) is 0.398. The zero-order chi connectivity index (χ0) is 20.5. The van der Waals surface area contributed by atoms with Crippen molar-refractivity contribution in [1.29, 1.82) is 0 Å². The van der Waals surface area contributed by atoms with Gasteiger partial charge in [-0.25, -0.2) is 0 Å². The van der Waals surface area contributed by atoms with Crippen molar-refractivity contribution in [3.8, 4) is 5.75 Å². The third-order valence-corrected chi connectivity index (χ3v) is 4.08. The van der Waals surface area contributed by atoms with E-state index in [1.165, 1.54) is 17.0 Å². The van der Waals surface area contributed by atoms with Gasteiger partial charge in [0.05, 0.1) is 5.92 Å². The fourth-order valence-corrected chi connectivity index (χ4v) is 2.86. The summed E-state index contributed by atoms with van der Waals surface area (Å²) >= 11 is 0. The van der Waals surface area contributed by atoms with Gasteiger partial charge in [0.1, 0.15) is 5.75 Å². The molecule has 6 nitrogen and oxygen atoms in total. The van der Waals surface area contributed by atoms with Crippen LogP contribution in [0.2, 0.25) is 0 Å². The lowest BCUT2D eigenvalue weighted by atomic mass is 9.97. The first kappa shape index (κ1) is 20.0.